The first-order valence-corrected chi connectivity index (χ1v) is 10.5. The molecule has 0 heterocycles. The second-order valence-electron chi connectivity index (χ2n) is 7.36. The number of rotatable bonds is 2. The second kappa shape index (κ2) is 6.25. The lowest BCUT2D eigenvalue weighted by molar-refractivity contribution is 1.18. The molecule has 0 aromatic heterocycles. The maximum absolute atomic E-state index is 2.28. The molecule has 0 atom stereocenters. The molecule has 1 aliphatic rings. The van der Waals surface area contributed by atoms with Gasteiger partial charge in [0.25, 0.3) is 0 Å². The van der Waals surface area contributed by atoms with Crippen LogP contribution in [0.2, 0.25) is 0 Å². The third-order valence-corrected chi connectivity index (χ3v) is 6.95. The van der Waals surface area contributed by atoms with Crippen LogP contribution in [0.3, 0.4) is 0 Å². The van der Waals surface area contributed by atoms with Gasteiger partial charge in [-0.2, -0.15) is 0 Å². The molecule has 0 saturated heterocycles. The summed E-state index contributed by atoms with van der Waals surface area (Å²) < 4.78 is 0. The van der Waals surface area contributed by atoms with Crippen molar-refractivity contribution in [2.75, 3.05) is 0 Å². The fourth-order valence-electron chi connectivity index (χ4n) is 4.44. The van der Waals surface area contributed by atoms with E-state index in [1.54, 1.807) is 0 Å². The molecule has 6 rings (SSSR count). The van der Waals surface area contributed by atoms with Gasteiger partial charge in [-0.3, -0.25) is 0 Å². The molecule has 5 aromatic rings. The van der Waals surface area contributed by atoms with Crippen molar-refractivity contribution >= 4 is 33.3 Å². The lowest BCUT2D eigenvalue weighted by Crippen LogP contribution is -1.86. The Labute approximate surface area is 168 Å². The Hall–Kier alpha value is -3.03. The van der Waals surface area contributed by atoms with E-state index in [0.29, 0.717) is 0 Å². The van der Waals surface area contributed by atoms with Crippen molar-refractivity contribution in [3.63, 3.8) is 0 Å². The van der Waals surface area contributed by atoms with Crippen LogP contribution in [-0.4, -0.2) is 0 Å². The molecule has 0 bridgehead atoms. The number of fused-ring (bicyclic) bond motifs is 6. The van der Waals surface area contributed by atoms with Gasteiger partial charge in [-0.05, 0) is 62.4 Å². The standard InChI is InChI=1S/C27H18S/c1-3-9-20-18(7-1)15-16-24-22(20)11-5-13-26(24)28-27-14-6-12-23-21-10-4-2-8-19(21)17-25(23)27/h1-16H,17H2. The largest absolute Gasteiger partial charge is 0.0891 e. The lowest BCUT2D eigenvalue weighted by atomic mass is 10.0. The smallest absolute Gasteiger partial charge is 0.0201 e. The number of benzene rings is 5. The van der Waals surface area contributed by atoms with Crippen molar-refractivity contribution in [3.05, 3.63) is 108 Å². The van der Waals surface area contributed by atoms with Gasteiger partial charge in [0, 0.05) is 9.79 Å². The maximum Gasteiger partial charge on any atom is 0.0201 e. The predicted molar refractivity (Wildman–Crippen MR) is 120 cm³/mol. The van der Waals surface area contributed by atoms with E-state index in [4.69, 9.17) is 0 Å². The van der Waals surface area contributed by atoms with Crippen molar-refractivity contribution in [3.8, 4) is 11.1 Å². The maximum atomic E-state index is 2.28. The first-order chi connectivity index (χ1) is 13.9. The van der Waals surface area contributed by atoms with Crippen LogP contribution in [0.1, 0.15) is 11.1 Å². The van der Waals surface area contributed by atoms with E-state index in [-0.39, 0.29) is 0 Å². The molecule has 1 heteroatoms. The van der Waals surface area contributed by atoms with Gasteiger partial charge in [0.2, 0.25) is 0 Å². The van der Waals surface area contributed by atoms with Gasteiger partial charge < -0.3 is 0 Å². The minimum absolute atomic E-state index is 1.03. The zero-order chi connectivity index (χ0) is 18.5. The SMILES string of the molecule is c1ccc2c(c1)Cc1c(Sc3cccc4c3ccc3ccccc34)cccc1-2. The molecule has 0 radical (unpaired) electrons. The van der Waals surface area contributed by atoms with Gasteiger partial charge in [-0.15, -0.1) is 0 Å². The average molecular weight is 375 g/mol. The van der Waals surface area contributed by atoms with E-state index in [9.17, 15) is 0 Å². The Morgan fingerprint density at radius 2 is 1.25 bits per heavy atom. The van der Waals surface area contributed by atoms with Crippen LogP contribution in [0.4, 0.5) is 0 Å². The van der Waals surface area contributed by atoms with Crippen LogP contribution in [0.25, 0.3) is 32.7 Å². The molecule has 5 aromatic carbocycles. The highest BCUT2D eigenvalue weighted by Crippen LogP contribution is 2.44. The lowest BCUT2D eigenvalue weighted by Gasteiger charge is -2.12. The minimum atomic E-state index is 1.03. The molecule has 28 heavy (non-hydrogen) atoms. The normalized spacial score (nSPS) is 12.3. The van der Waals surface area contributed by atoms with Gasteiger partial charge >= 0.3 is 0 Å². The molecule has 132 valence electrons. The van der Waals surface area contributed by atoms with E-state index in [2.05, 4.69) is 97.1 Å². The van der Waals surface area contributed by atoms with Gasteiger partial charge in [-0.1, -0.05) is 96.7 Å². The van der Waals surface area contributed by atoms with Crippen LogP contribution in [0, 0.1) is 0 Å². The highest BCUT2D eigenvalue weighted by molar-refractivity contribution is 7.99. The molecule has 0 spiro atoms. The van der Waals surface area contributed by atoms with Crippen molar-refractivity contribution < 1.29 is 0 Å². The molecule has 1 aliphatic carbocycles. The Balaban J connectivity index is 1.50. The van der Waals surface area contributed by atoms with Crippen LogP contribution >= 0.6 is 11.8 Å². The molecule has 0 aliphatic heterocycles. The first kappa shape index (κ1) is 16.0. The Bertz CT molecular complexity index is 1360. The summed E-state index contributed by atoms with van der Waals surface area (Å²) >= 11 is 1.90. The fraction of sp³-hybridized carbons (Fsp3) is 0.0370. The van der Waals surface area contributed by atoms with E-state index in [1.165, 1.54) is 53.6 Å². The number of hydrogen-bond acceptors (Lipinski definition) is 1. The Kier molecular flexibility index (Phi) is 3.57. The van der Waals surface area contributed by atoms with Crippen LogP contribution in [-0.2, 0) is 6.42 Å². The summed E-state index contributed by atoms with van der Waals surface area (Å²) in [6.07, 6.45) is 1.03. The van der Waals surface area contributed by atoms with Crippen LogP contribution in [0.5, 0.6) is 0 Å². The fourth-order valence-corrected chi connectivity index (χ4v) is 5.57. The summed E-state index contributed by atoms with van der Waals surface area (Å²) in [5.74, 6) is 0. The monoisotopic (exact) mass is 374 g/mol. The topological polar surface area (TPSA) is 0 Å². The molecule has 0 unspecified atom stereocenters. The van der Waals surface area contributed by atoms with Gasteiger partial charge in [0.1, 0.15) is 0 Å². The summed E-state index contributed by atoms with van der Waals surface area (Å²) in [4.78, 5) is 2.70. The zero-order valence-corrected chi connectivity index (χ0v) is 16.2. The van der Waals surface area contributed by atoms with Crippen molar-refractivity contribution in [1.82, 2.24) is 0 Å². The summed E-state index contributed by atoms with van der Waals surface area (Å²) in [6, 6.07) is 35.4. The van der Waals surface area contributed by atoms with Crippen molar-refractivity contribution in [2.24, 2.45) is 0 Å². The summed E-state index contributed by atoms with van der Waals surface area (Å²) in [7, 11) is 0. The highest BCUT2D eigenvalue weighted by Gasteiger charge is 2.21. The van der Waals surface area contributed by atoms with Crippen LogP contribution < -0.4 is 0 Å². The molecular weight excluding hydrogens is 356 g/mol. The van der Waals surface area contributed by atoms with Gasteiger partial charge in [0.15, 0.2) is 0 Å². The molecule has 0 fully saturated rings. The van der Waals surface area contributed by atoms with E-state index in [0.717, 1.165) is 6.42 Å². The Morgan fingerprint density at radius 3 is 2.25 bits per heavy atom. The predicted octanol–water partition coefficient (Wildman–Crippen LogP) is 7.72. The van der Waals surface area contributed by atoms with Gasteiger partial charge in [-0.25, -0.2) is 0 Å². The number of hydrogen-bond donors (Lipinski definition) is 0. The molecule has 0 nitrogen and oxygen atoms in total. The zero-order valence-electron chi connectivity index (χ0n) is 15.4. The molecule has 0 N–H and O–H groups in total. The first-order valence-electron chi connectivity index (χ1n) is 9.67. The summed E-state index contributed by atoms with van der Waals surface area (Å²) in [5, 5.41) is 5.29. The second-order valence-corrected chi connectivity index (χ2v) is 8.44. The average Bonchev–Trinajstić information content (AvgIpc) is 3.14. The Morgan fingerprint density at radius 1 is 0.500 bits per heavy atom. The third-order valence-electron chi connectivity index (χ3n) is 5.77. The van der Waals surface area contributed by atoms with Crippen molar-refractivity contribution in [2.45, 2.75) is 16.2 Å². The van der Waals surface area contributed by atoms with Crippen LogP contribution in [0.15, 0.2) is 107 Å². The third kappa shape index (κ3) is 2.40. The molecule has 0 saturated carbocycles. The van der Waals surface area contributed by atoms with E-state index < -0.39 is 0 Å². The summed E-state index contributed by atoms with van der Waals surface area (Å²) in [6.45, 7) is 0. The highest BCUT2D eigenvalue weighted by atomic mass is 32.2. The summed E-state index contributed by atoms with van der Waals surface area (Å²) in [5.41, 5.74) is 5.69. The van der Waals surface area contributed by atoms with E-state index >= 15 is 0 Å². The molecular formula is C27H18S. The molecule has 0 amide bonds. The quantitative estimate of drug-likeness (QED) is 0.280. The van der Waals surface area contributed by atoms with Gasteiger partial charge in [0.05, 0.1) is 0 Å². The van der Waals surface area contributed by atoms with Crippen molar-refractivity contribution in [1.29, 1.82) is 0 Å². The minimum Gasteiger partial charge on any atom is -0.0891 e. The van der Waals surface area contributed by atoms with E-state index in [1.807, 2.05) is 11.8 Å².